The largest absolute Gasteiger partial charge is 0.507 e. The van der Waals surface area contributed by atoms with Gasteiger partial charge in [-0.15, -0.1) is 0 Å². The molecule has 0 bridgehead atoms. The van der Waals surface area contributed by atoms with E-state index in [9.17, 15) is 39.1 Å². The highest BCUT2D eigenvalue weighted by Crippen LogP contribution is 2.57. The van der Waals surface area contributed by atoms with Crippen LogP contribution < -0.4 is 32.7 Å². The second-order valence-corrected chi connectivity index (χ2v) is 12.0. The maximum absolute atomic E-state index is 14.5. The lowest BCUT2D eigenvalue weighted by Crippen LogP contribution is -2.85. The first-order chi connectivity index (χ1) is 19.9. The normalized spacial score (nSPS) is 31.5. The topological polar surface area (TPSA) is 255 Å². The number of nitrogens with one attached hydrogen (secondary N) is 2. The number of aromatic hydroxyl groups is 1. The number of likely N-dealkylation sites (N-methyl/N-ethyl adjacent to an activating group) is 1. The SMILES string of the molecule is CCNC(=O)NCc1cc(N(C)C)c2c(c1O)C(=O)C1C(=O)[C@]3(C#N)C(=O)C(C(N)=O)C(=O)[C@@H](N(C)C)[C@]3(N)C[C@]1(N)C2. The number of rotatable bonds is 6. The Morgan fingerprint density at radius 3 is 2.26 bits per heavy atom. The Morgan fingerprint density at radius 1 is 1.12 bits per heavy atom. The molecule has 9 N–H and O–H groups in total. The number of nitriles is 1. The van der Waals surface area contributed by atoms with Gasteiger partial charge >= 0.3 is 6.03 Å². The molecule has 0 aliphatic heterocycles. The van der Waals surface area contributed by atoms with Crippen LogP contribution in [0.25, 0.3) is 0 Å². The number of phenols is 1. The van der Waals surface area contributed by atoms with Gasteiger partial charge in [0.15, 0.2) is 34.5 Å². The minimum atomic E-state index is -2.83. The molecule has 2 saturated carbocycles. The molecule has 3 aliphatic carbocycles. The highest BCUT2D eigenvalue weighted by atomic mass is 16.3. The van der Waals surface area contributed by atoms with Gasteiger partial charge in [-0.25, -0.2) is 4.79 Å². The standard InChI is InChI=1S/C28H36N8O7/c1-6-33-25(43)34-9-12-7-14(35(2)3)13-8-26(31)10-28(32)21(36(4)5)20(39)16(24(30)42)22(40)27(28,11-29)23(41)17(26)19(38)15(13)18(12)37/h7,16-17,21,37H,6,8-10,31-32H2,1-5H3,(H2,30,42)(H2,33,34,43)/t16?,17?,21-,26-,27+,28-/m1/s1. The number of hydrogen-bond donors (Lipinski definition) is 6. The second kappa shape index (κ2) is 10.4. The van der Waals surface area contributed by atoms with Crippen molar-refractivity contribution in [1.82, 2.24) is 15.5 Å². The summed E-state index contributed by atoms with van der Waals surface area (Å²) in [5.74, 6) is -10.4. The van der Waals surface area contributed by atoms with E-state index in [1.807, 2.05) is 0 Å². The fourth-order valence-corrected chi connectivity index (χ4v) is 7.24. The highest BCUT2D eigenvalue weighted by molar-refractivity contribution is 6.33. The lowest BCUT2D eigenvalue weighted by Gasteiger charge is -2.60. The summed E-state index contributed by atoms with van der Waals surface area (Å²) in [6, 6.07) is 1.26. The lowest BCUT2D eigenvalue weighted by atomic mass is 9.42. The van der Waals surface area contributed by atoms with Crippen molar-refractivity contribution in [2.24, 2.45) is 34.5 Å². The molecular formula is C28H36N8O7. The van der Waals surface area contributed by atoms with Crippen LogP contribution in [-0.2, 0) is 32.1 Å². The van der Waals surface area contributed by atoms with Crippen molar-refractivity contribution >= 4 is 40.8 Å². The number of ketones is 4. The average Bonchev–Trinajstić information content (AvgIpc) is 2.87. The zero-order valence-electron chi connectivity index (χ0n) is 24.6. The fourth-order valence-electron chi connectivity index (χ4n) is 7.24. The number of carbonyl (C=O) groups is 6. The van der Waals surface area contributed by atoms with E-state index in [2.05, 4.69) is 10.6 Å². The number of phenolic OH excluding ortho intramolecular Hbond substituents is 1. The molecule has 3 amide bonds. The predicted octanol–water partition coefficient (Wildman–Crippen LogP) is -2.31. The van der Waals surface area contributed by atoms with Gasteiger partial charge in [-0.05, 0) is 45.5 Å². The van der Waals surface area contributed by atoms with Crippen LogP contribution >= 0.6 is 0 Å². The van der Waals surface area contributed by atoms with E-state index in [4.69, 9.17) is 17.2 Å². The van der Waals surface area contributed by atoms with Gasteiger partial charge in [-0.2, -0.15) is 5.26 Å². The molecule has 15 heteroatoms. The lowest BCUT2D eigenvalue weighted by molar-refractivity contribution is -0.166. The van der Waals surface area contributed by atoms with Gasteiger partial charge in [0.05, 0.1) is 23.2 Å². The average molecular weight is 597 g/mol. The molecule has 3 aliphatic rings. The summed E-state index contributed by atoms with van der Waals surface area (Å²) in [5, 5.41) is 26.9. The molecule has 2 unspecified atom stereocenters. The molecule has 1 aromatic rings. The monoisotopic (exact) mass is 596 g/mol. The Bertz CT molecular complexity index is 1520. The van der Waals surface area contributed by atoms with Crippen LogP contribution in [0, 0.1) is 28.6 Å². The molecule has 1 aromatic carbocycles. The van der Waals surface area contributed by atoms with Gasteiger partial charge in [0.2, 0.25) is 5.91 Å². The maximum Gasteiger partial charge on any atom is 0.315 e. The summed E-state index contributed by atoms with van der Waals surface area (Å²) in [4.78, 5) is 83.4. The number of primary amides is 1. The van der Waals surface area contributed by atoms with Gasteiger partial charge in [0.25, 0.3) is 0 Å². The molecule has 2 fully saturated rings. The van der Waals surface area contributed by atoms with Crippen molar-refractivity contribution in [1.29, 1.82) is 5.26 Å². The number of urea groups is 1. The Labute approximate surface area is 247 Å². The van der Waals surface area contributed by atoms with Crippen LogP contribution in [0.3, 0.4) is 0 Å². The quantitative estimate of drug-likeness (QED) is 0.189. The van der Waals surface area contributed by atoms with Gasteiger partial charge in [-0.1, -0.05) is 0 Å². The highest BCUT2D eigenvalue weighted by Gasteiger charge is 2.78. The third-order valence-corrected chi connectivity index (χ3v) is 8.90. The molecule has 0 saturated heterocycles. The first kappa shape index (κ1) is 31.5. The fraction of sp³-hybridized carbons (Fsp3) is 0.536. The molecule has 15 nitrogen and oxygen atoms in total. The molecule has 43 heavy (non-hydrogen) atoms. The van der Waals surface area contributed by atoms with Crippen molar-refractivity contribution in [2.45, 2.75) is 43.4 Å². The Kier molecular flexibility index (Phi) is 7.63. The van der Waals surface area contributed by atoms with Crippen molar-refractivity contribution < 1.29 is 33.9 Å². The minimum absolute atomic E-state index is 0.166. The van der Waals surface area contributed by atoms with E-state index in [0.29, 0.717) is 17.8 Å². The number of amides is 3. The molecular weight excluding hydrogens is 560 g/mol. The first-order valence-corrected chi connectivity index (χ1v) is 13.6. The van der Waals surface area contributed by atoms with Crippen LogP contribution in [0.15, 0.2) is 6.07 Å². The molecule has 0 heterocycles. The Balaban J connectivity index is 1.97. The molecule has 4 rings (SSSR count). The number of benzene rings is 1. The summed E-state index contributed by atoms with van der Waals surface area (Å²) in [7, 11) is 6.25. The summed E-state index contributed by atoms with van der Waals surface area (Å²) in [6.45, 7) is 1.90. The number of anilines is 1. The number of nitrogens with zero attached hydrogens (tertiary/aromatic N) is 3. The van der Waals surface area contributed by atoms with Gasteiger partial charge in [0.1, 0.15) is 11.7 Å². The van der Waals surface area contributed by atoms with Crippen LogP contribution in [-0.4, -0.2) is 96.9 Å². The molecule has 0 aromatic heterocycles. The van der Waals surface area contributed by atoms with Crippen molar-refractivity contribution in [3.05, 3.63) is 22.8 Å². The number of nitrogens with two attached hydrogens (primary N) is 3. The third-order valence-electron chi connectivity index (χ3n) is 8.90. The predicted molar refractivity (Wildman–Crippen MR) is 152 cm³/mol. The van der Waals surface area contributed by atoms with E-state index in [-0.39, 0.29) is 24.1 Å². The number of Topliss-reactive ketones (excluding diaryl/α,β-unsaturated/α-hetero) is 4. The number of hydrogen-bond acceptors (Lipinski definition) is 12. The van der Waals surface area contributed by atoms with Crippen molar-refractivity contribution in [3.63, 3.8) is 0 Å². The van der Waals surface area contributed by atoms with Crippen molar-refractivity contribution in [2.75, 3.05) is 39.6 Å². The molecule has 6 atom stereocenters. The molecule has 0 spiro atoms. The van der Waals surface area contributed by atoms with Gasteiger partial charge in [0, 0.05) is 44.0 Å². The van der Waals surface area contributed by atoms with E-state index >= 15 is 0 Å². The minimum Gasteiger partial charge on any atom is -0.507 e. The van der Waals surface area contributed by atoms with Gasteiger partial charge < -0.3 is 37.8 Å². The number of fused-ring (bicyclic) bond motifs is 3. The zero-order valence-corrected chi connectivity index (χ0v) is 24.6. The Morgan fingerprint density at radius 2 is 1.74 bits per heavy atom. The third kappa shape index (κ3) is 4.20. The van der Waals surface area contributed by atoms with Crippen LogP contribution in [0.5, 0.6) is 5.75 Å². The zero-order chi connectivity index (χ0) is 32.4. The van der Waals surface area contributed by atoms with E-state index in [1.54, 1.807) is 38.1 Å². The number of carbonyl (C=O) groups excluding carboxylic acids is 6. The van der Waals surface area contributed by atoms with E-state index in [1.165, 1.54) is 19.0 Å². The summed E-state index contributed by atoms with van der Waals surface area (Å²) < 4.78 is 0. The smallest absolute Gasteiger partial charge is 0.315 e. The summed E-state index contributed by atoms with van der Waals surface area (Å²) >= 11 is 0. The summed E-state index contributed by atoms with van der Waals surface area (Å²) in [6.07, 6.45) is -0.701. The van der Waals surface area contributed by atoms with Crippen LogP contribution in [0.1, 0.15) is 34.8 Å². The second-order valence-electron chi connectivity index (χ2n) is 12.0. The Hall–Kier alpha value is -4.39. The first-order valence-electron chi connectivity index (χ1n) is 13.6. The maximum atomic E-state index is 14.5. The van der Waals surface area contributed by atoms with Gasteiger partial charge in [-0.3, -0.25) is 28.9 Å². The molecule has 0 radical (unpaired) electrons. The van der Waals surface area contributed by atoms with E-state index in [0.717, 1.165) is 0 Å². The summed E-state index contributed by atoms with van der Waals surface area (Å²) in [5.41, 5.74) is 12.9. The molecule has 230 valence electrons. The van der Waals surface area contributed by atoms with E-state index < -0.39 is 81.6 Å². The van der Waals surface area contributed by atoms with Crippen molar-refractivity contribution in [3.8, 4) is 11.8 Å². The van der Waals surface area contributed by atoms with Crippen LogP contribution in [0.4, 0.5) is 10.5 Å². The van der Waals surface area contributed by atoms with Crippen LogP contribution in [0.2, 0.25) is 0 Å².